The lowest BCUT2D eigenvalue weighted by atomic mass is 10.1. The molecule has 0 bridgehead atoms. The highest BCUT2D eigenvalue weighted by Crippen LogP contribution is 2.31. The van der Waals surface area contributed by atoms with Crippen molar-refractivity contribution >= 4 is 5.69 Å². The lowest BCUT2D eigenvalue weighted by Gasteiger charge is -2.14. The van der Waals surface area contributed by atoms with Crippen molar-refractivity contribution in [1.29, 1.82) is 0 Å². The highest BCUT2D eigenvalue weighted by atomic mass is 16.6. The van der Waals surface area contributed by atoms with Gasteiger partial charge in [-0.3, -0.25) is 15.2 Å². The maximum absolute atomic E-state index is 10.8. The molecule has 3 rings (SSSR count). The average molecular weight is 397 g/mol. The predicted molar refractivity (Wildman–Crippen MR) is 107 cm³/mol. The molecule has 1 unspecified atom stereocenters. The lowest BCUT2D eigenvalue weighted by molar-refractivity contribution is -0.384. The Morgan fingerprint density at radius 3 is 2.45 bits per heavy atom. The van der Waals surface area contributed by atoms with Crippen LogP contribution in [0.15, 0.2) is 42.5 Å². The van der Waals surface area contributed by atoms with E-state index < -0.39 is 11.0 Å². The first-order valence-electron chi connectivity index (χ1n) is 9.31. The van der Waals surface area contributed by atoms with Crippen LogP contribution in [0, 0.1) is 10.1 Å². The van der Waals surface area contributed by atoms with Crippen LogP contribution in [0.2, 0.25) is 0 Å². The first-order chi connectivity index (χ1) is 14.0. The number of aromatic nitrogens is 3. The molecule has 9 heteroatoms. The number of ether oxygens (including phenoxy) is 2. The molecule has 0 saturated heterocycles. The van der Waals surface area contributed by atoms with E-state index in [-0.39, 0.29) is 5.69 Å². The fraction of sp³-hybridized carbons (Fsp3) is 0.300. The Morgan fingerprint density at radius 1 is 1.10 bits per heavy atom. The van der Waals surface area contributed by atoms with Gasteiger partial charge in [-0.25, -0.2) is 4.98 Å². The van der Waals surface area contributed by atoms with Crippen LogP contribution in [-0.4, -0.2) is 33.3 Å². The summed E-state index contributed by atoms with van der Waals surface area (Å²) in [6, 6.07) is 11.3. The minimum atomic E-state index is -0.535. The molecule has 0 fully saturated rings. The van der Waals surface area contributed by atoms with Crippen LogP contribution in [0.5, 0.6) is 11.5 Å². The highest BCUT2D eigenvalue weighted by molar-refractivity contribution is 5.45. The minimum absolute atomic E-state index is 0.0506. The predicted octanol–water partition coefficient (Wildman–Crippen LogP) is 3.15. The largest absolute Gasteiger partial charge is 0.490 e. The number of H-pyrrole nitrogens is 1. The number of nitro benzene ring substituents is 1. The molecule has 3 aromatic rings. The Balaban J connectivity index is 1.75. The number of nitrogens with zero attached hydrogens (tertiary/aromatic N) is 3. The van der Waals surface area contributed by atoms with Gasteiger partial charge in [0.05, 0.1) is 24.2 Å². The Kier molecular flexibility index (Phi) is 6.40. The first-order valence-corrected chi connectivity index (χ1v) is 9.31. The van der Waals surface area contributed by atoms with Gasteiger partial charge in [0.1, 0.15) is 5.82 Å². The second kappa shape index (κ2) is 9.16. The molecular formula is C20H23N5O4. The SMILES string of the molecule is CCOc1ccc(C(N)c2n[nH]c(Cc3ccc([N+](=O)[O-])cc3)n2)cc1OCC. The summed E-state index contributed by atoms with van der Waals surface area (Å²) in [5.74, 6) is 2.37. The fourth-order valence-electron chi connectivity index (χ4n) is 2.87. The molecule has 1 aromatic heterocycles. The smallest absolute Gasteiger partial charge is 0.269 e. The van der Waals surface area contributed by atoms with Gasteiger partial charge in [0.2, 0.25) is 0 Å². The lowest BCUT2D eigenvalue weighted by Crippen LogP contribution is -2.14. The number of non-ortho nitro benzene ring substituents is 1. The Bertz CT molecular complexity index is 971. The number of hydrogen-bond donors (Lipinski definition) is 2. The van der Waals surface area contributed by atoms with Crippen LogP contribution in [0.3, 0.4) is 0 Å². The van der Waals surface area contributed by atoms with Gasteiger partial charge in [0.15, 0.2) is 17.3 Å². The van der Waals surface area contributed by atoms with E-state index in [1.54, 1.807) is 12.1 Å². The number of benzene rings is 2. The molecule has 9 nitrogen and oxygen atoms in total. The van der Waals surface area contributed by atoms with Crippen LogP contribution in [0.1, 0.15) is 42.7 Å². The van der Waals surface area contributed by atoms with Gasteiger partial charge >= 0.3 is 0 Å². The van der Waals surface area contributed by atoms with E-state index in [0.29, 0.717) is 42.8 Å². The second-order valence-electron chi connectivity index (χ2n) is 6.29. The summed E-state index contributed by atoms with van der Waals surface area (Å²) in [6.45, 7) is 4.87. The van der Waals surface area contributed by atoms with Gasteiger partial charge in [-0.1, -0.05) is 18.2 Å². The number of aromatic amines is 1. The first kappa shape index (κ1) is 20.3. The zero-order valence-corrected chi connectivity index (χ0v) is 16.3. The topological polar surface area (TPSA) is 129 Å². The van der Waals surface area contributed by atoms with Crippen molar-refractivity contribution in [3.8, 4) is 11.5 Å². The summed E-state index contributed by atoms with van der Waals surface area (Å²) in [5, 5.41) is 17.9. The van der Waals surface area contributed by atoms with Crippen LogP contribution >= 0.6 is 0 Å². The summed E-state index contributed by atoms with van der Waals surface area (Å²) in [7, 11) is 0. The third-order valence-corrected chi connectivity index (χ3v) is 4.27. The van der Waals surface area contributed by atoms with Crippen molar-refractivity contribution in [2.45, 2.75) is 26.3 Å². The molecule has 2 aromatic carbocycles. The molecule has 152 valence electrons. The number of nitro groups is 1. The van der Waals surface area contributed by atoms with Crippen LogP contribution < -0.4 is 15.2 Å². The third kappa shape index (κ3) is 4.88. The molecule has 0 aliphatic rings. The molecule has 0 aliphatic heterocycles. The van der Waals surface area contributed by atoms with Gasteiger partial charge in [-0.2, -0.15) is 5.10 Å². The monoisotopic (exact) mass is 397 g/mol. The summed E-state index contributed by atoms with van der Waals surface area (Å²) >= 11 is 0. The molecule has 0 aliphatic carbocycles. The van der Waals surface area contributed by atoms with E-state index in [1.165, 1.54) is 12.1 Å². The van der Waals surface area contributed by atoms with Crippen LogP contribution in [-0.2, 0) is 6.42 Å². The maximum Gasteiger partial charge on any atom is 0.269 e. The molecule has 0 radical (unpaired) electrons. The van der Waals surface area contributed by atoms with Crippen molar-refractivity contribution in [2.24, 2.45) is 5.73 Å². The Morgan fingerprint density at radius 2 is 1.79 bits per heavy atom. The molecule has 1 heterocycles. The number of hydrogen-bond acceptors (Lipinski definition) is 7. The van der Waals surface area contributed by atoms with Crippen molar-refractivity contribution < 1.29 is 14.4 Å². The second-order valence-corrected chi connectivity index (χ2v) is 6.29. The van der Waals surface area contributed by atoms with Gasteiger partial charge in [0.25, 0.3) is 5.69 Å². The standard InChI is InChI=1S/C20H23N5O4/c1-3-28-16-10-7-14(12-17(16)29-4-2)19(21)20-22-18(23-24-20)11-13-5-8-15(9-6-13)25(26)27/h5-10,12,19H,3-4,11,21H2,1-2H3,(H,22,23,24). The fourth-order valence-corrected chi connectivity index (χ4v) is 2.87. The Labute approximate surface area is 168 Å². The van der Waals surface area contributed by atoms with Gasteiger partial charge in [0, 0.05) is 18.6 Å². The molecule has 29 heavy (non-hydrogen) atoms. The van der Waals surface area contributed by atoms with E-state index in [4.69, 9.17) is 15.2 Å². The van der Waals surface area contributed by atoms with Gasteiger partial charge in [-0.15, -0.1) is 0 Å². The highest BCUT2D eigenvalue weighted by Gasteiger charge is 2.17. The molecule has 0 spiro atoms. The average Bonchev–Trinajstić information content (AvgIpc) is 3.18. The minimum Gasteiger partial charge on any atom is -0.490 e. The van der Waals surface area contributed by atoms with E-state index >= 15 is 0 Å². The zero-order chi connectivity index (χ0) is 20.8. The summed E-state index contributed by atoms with van der Waals surface area (Å²) in [5.41, 5.74) is 8.08. The number of nitrogens with one attached hydrogen (secondary N) is 1. The summed E-state index contributed by atoms with van der Waals surface area (Å²) in [6.07, 6.45) is 0.463. The van der Waals surface area contributed by atoms with Gasteiger partial charge in [-0.05, 0) is 37.1 Å². The summed E-state index contributed by atoms with van der Waals surface area (Å²) < 4.78 is 11.2. The molecule has 0 saturated carbocycles. The number of rotatable bonds is 9. The molecule has 1 atom stereocenters. The molecule has 0 amide bonds. The van der Waals surface area contributed by atoms with Crippen LogP contribution in [0.4, 0.5) is 5.69 Å². The van der Waals surface area contributed by atoms with Crippen molar-refractivity contribution in [3.05, 3.63) is 75.4 Å². The summed E-state index contributed by atoms with van der Waals surface area (Å²) in [4.78, 5) is 14.8. The van der Waals surface area contributed by atoms with Crippen molar-refractivity contribution in [1.82, 2.24) is 15.2 Å². The maximum atomic E-state index is 10.8. The Hall–Kier alpha value is -3.46. The van der Waals surface area contributed by atoms with E-state index in [1.807, 2.05) is 32.0 Å². The van der Waals surface area contributed by atoms with Crippen molar-refractivity contribution in [2.75, 3.05) is 13.2 Å². The molecule has 3 N–H and O–H groups in total. The van der Waals surface area contributed by atoms with Gasteiger partial charge < -0.3 is 15.2 Å². The quantitative estimate of drug-likeness (QED) is 0.419. The third-order valence-electron chi connectivity index (χ3n) is 4.27. The number of nitrogens with two attached hydrogens (primary N) is 1. The van der Waals surface area contributed by atoms with Crippen LogP contribution in [0.25, 0.3) is 0 Å². The normalized spacial score (nSPS) is 11.8. The van der Waals surface area contributed by atoms with E-state index in [2.05, 4.69) is 15.2 Å². The van der Waals surface area contributed by atoms with E-state index in [0.717, 1.165) is 11.1 Å². The van der Waals surface area contributed by atoms with E-state index in [9.17, 15) is 10.1 Å². The van der Waals surface area contributed by atoms with Crippen molar-refractivity contribution in [3.63, 3.8) is 0 Å². The zero-order valence-electron chi connectivity index (χ0n) is 16.3. The molecular weight excluding hydrogens is 374 g/mol.